The number of allylic oxidation sites excluding steroid dienone is 1. The number of unbranched alkanes of at least 4 members (excludes halogenated alkanes) is 3. The van der Waals surface area contributed by atoms with Crippen LogP contribution in [-0.4, -0.2) is 88.5 Å². The molecule has 0 atom stereocenters. The largest absolute Gasteiger partial charge is 0.479 e. The van der Waals surface area contributed by atoms with Gasteiger partial charge in [0.25, 0.3) is 0 Å². The van der Waals surface area contributed by atoms with Gasteiger partial charge in [0.2, 0.25) is 0 Å². The highest BCUT2D eigenvalue weighted by atomic mass is 19.4. The molecule has 6 nitrogen and oxygen atoms in total. The van der Waals surface area contributed by atoms with Crippen molar-refractivity contribution >= 4 is 17.9 Å². The van der Waals surface area contributed by atoms with E-state index in [4.69, 9.17) is 4.74 Å². The normalized spacial score (nSPS) is 15.7. The van der Waals surface area contributed by atoms with E-state index in [2.05, 4.69) is 54.9 Å². The zero-order valence-corrected chi connectivity index (χ0v) is 26.7. The molecule has 1 fully saturated rings. The summed E-state index contributed by atoms with van der Waals surface area (Å²) in [4.78, 5) is 21.1. The quantitative estimate of drug-likeness (QED) is 0.145. The number of aliphatic imine (C=N–C) groups is 1. The lowest BCUT2D eigenvalue weighted by Gasteiger charge is -2.24. The van der Waals surface area contributed by atoms with Crippen LogP contribution in [0.3, 0.4) is 0 Å². The lowest BCUT2D eigenvalue weighted by atomic mass is 10.1. The molecule has 0 bridgehead atoms. The first-order valence-corrected chi connectivity index (χ1v) is 15.3. The van der Waals surface area contributed by atoms with Gasteiger partial charge in [-0.2, -0.15) is 13.2 Å². The van der Waals surface area contributed by atoms with Gasteiger partial charge in [0, 0.05) is 44.7 Å². The summed E-state index contributed by atoms with van der Waals surface area (Å²) in [5.41, 5.74) is 2.79. The van der Waals surface area contributed by atoms with Crippen molar-refractivity contribution in [2.75, 3.05) is 71.4 Å². The van der Waals surface area contributed by atoms with E-state index >= 15 is 0 Å². The van der Waals surface area contributed by atoms with Crippen molar-refractivity contribution in [3.05, 3.63) is 53.1 Å². The Morgan fingerprint density at radius 3 is 2.45 bits per heavy atom. The van der Waals surface area contributed by atoms with Crippen LogP contribution in [0.15, 0.2) is 52.6 Å². The number of hydrogen-bond donors (Lipinski definition) is 0. The zero-order valence-electron chi connectivity index (χ0n) is 26.7. The number of benzene rings is 1. The number of aldehydes is 1. The Hall–Kier alpha value is -2.65. The van der Waals surface area contributed by atoms with E-state index in [0.717, 1.165) is 103 Å². The van der Waals surface area contributed by atoms with Crippen LogP contribution in [0.25, 0.3) is 0 Å². The van der Waals surface area contributed by atoms with Crippen LogP contribution in [0.1, 0.15) is 71.8 Å². The van der Waals surface area contributed by atoms with Gasteiger partial charge in [-0.05, 0) is 84.1 Å². The standard InChI is InChI=1S/C18H25F3N2O.C13H22N2O.C2H6/c19-18(20,21)16-7-5-8-17(15-16)23-11-6-10-22(12-13-23)9-3-1-2-4-14-24;1-11(2)12(10-15(3)4)6-5-7-13-14-8-9-16-13;1-2/h5,7-8,14-15H,1-4,6,9-13H2;5-6H,7-10H2,1-4H3;1-2H3/b;6-5-;. The lowest BCUT2D eigenvalue weighted by Crippen LogP contribution is -2.31. The van der Waals surface area contributed by atoms with Crippen LogP contribution in [0.2, 0.25) is 0 Å². The third kappa shape index (κ3) is 15.5. The highest BCUT2D eigenvalue weighted by Gasteiger charge is 2.31. The van der Waals surface area contributed by atoms with Gasteiger partial charge in [-0.1, -0.05) is 44.1 Å². The van der Waals surface area contributed by atoms with Gasteiger partial charge in [0.05, 0.1) is 12.1 Å². The van der Waals surface area contributed by atoms with Crippen molar-refractivity contribution in [1.82, 2.24) is 9.80 Å². The molecule has 2 heterocycles. The van der Waals surface area contributed by atoms with Crippen LogP contribution in [0, 0.1) is 0 Å². The van der Waals surface area contributed by atoms with Crippen molar-refractivity contribution in [2.45, 2.75) is 72.4 Å². The molecule has 0 aromatic heterocycles. The Morgan fingerprint density at radius 2 is 1.83 bits per heavy atom. The SMILES string of the molecule is CC.CC(C)=C(/C=C\CC1=NCCO1)CN(C)C.O=CCCCCCN1CCCN(c2cccc(C(F)(F)F)c2)CC1. The Kier molecular flexibility index (Phi) is 18.8. The molecule has 1 aromatic rings. The number of carbonyl (C=O) groups excluding carboxylic acids is 1. The molecule has 42 heavy (non-hydrogen) atoms. The van der Waals surface area contributed by atoms with E-state index in [1.54, 1.807) is 6.07 Å². The van der Waals surface area contributed by atoms with Crippen LogP contribution in [0.5, 0.6) is 0 Å². The summed E-state index contributed by atoms with van der Waals surface area (Å²) < 4.78 is 43.9. The first-order valence-electron chi connectivity index (χ1n) is 15.3. The Balaban J connectivity index is 0.000000426. The minimum atomic E-state index is -4.30. The summed E-state index contributed by atoms with van der Waals surface area (Å²) in [5, 5.41) is 0. The molecule has 9 heteroatoms. The van der Waals surface area contributed by atoms with Crippen molar-refractivity contribution in [3.63, 3.8) is 0 Å². The van der Waals surface area contributed by atoms with E-state index in [0.29, 0.717) is 12.1 Å². The predicted octanol–water partition coefficient (Wildman–Crippen LogP) is 7.26. The molecule has 0 N–H and O–H groups in total. The Bertz CT molecular complexity index is 986. The fourth-order valence-corrected chi connectivity index (χ4v) is 4.59. The maximum Gasteiger partial charge on any atom is 0.416 e. The number of anilines is 1. The predicted molar refractivity (Wildman–Crippen MR) is 170 cm³/mol. The zero-order chi connectivity index (χ0) is 31.4. The maximum atomic E-state index is 12.9. The molecule has 238 valence electrons. The van der Waals surface area contributed by atoms with Crippen LogP contribution in [-0.2, 0) is 15.7 Å². The summed E-state index contributed by atoms with van der Waals surface area (Å²) in [7, 11) is 4.17. The lowest BCUT2D eigenvalue weighted by molar-refractivity contribution is -0.137. The number of alkyl halides is 3. The van der Waals surface area contributed by atoms with E-state index < -0.39 is 11.7 Å². The van der Waals surface area contributed by atoms with Crippen LogP contribution in [0.4, 0.5) is 18.9 Å². The van der Waals surface area contributed by atoms with Gasteiger partial charge in [-0.15, -0.1) is 0 Å². The van der Waals surface area contributed by atoms with Crippen molar-refractivity contribution in [3.8, 4) is 0 Å². The molecule has 0 unspecified atom stereocenters. The summed E-state index contributed by atoms with van der Waals surface area (Å²) in [5.74, 6) is 0.870. The number of carbonyl (C=O) groups is 1. The number of nitrogens with zero attached hydrogens (tertiary/aromatic N) is 4. The highest BCUT2D eigenvalue weighted by Crippen LogP contribution is 2.31. The first kappa shape index (κ1) is 37.4. The minimum Gasteiger partial charge on any atom is -0.479 e. The fourth-order valence-electron chi connectivity index (χ4n) is 4.59. The molecule has 0 aliphatic carbocycles. The molecule has 1 aromatic carbocycles. The average molecular weight is 595 g/mol. The molecule has 0 radical (unpaired) electrons. The maximum absolute atomic E-state index is 12.9. The second-order valence-corrected chi connectivity index (χ2v) is 10.7. The fraction of sp³-hybridized carbons (Fsp3) is 0.636. The summed E-state index contributed by atoms with van der Waals surface area (Å²) >= 11 is 0. The van der Waals surface area contributed by atoms with Crippen molar-refractivity contribution in [2.24, 2.45) is 4.99 Å². The number of ether oxygens (including phenoxy) is 1. The molecule has 3 rings (SSSR count). The van der Waals surface area contributed by atoms with E-state index in [-0.39, 0.29) is 0 Å². The number of likely N-dealkylation sites (N-methyl/N-ethyl adjacent to an activating group) is 1. The molecule has 2 aliphatic heterocycles. The van der Waals surface area contributed by atoms with E-state index in [1.807, 2.05) is 18.7 Å². The third-order valence-electron chi connectivity index (χ3n) is 6.81. The third-order valence-corrected chi connectivity index (χ3v) is 6.81. The smallest absolute Gasteiger partial charge is 0.416 e. The summed E-state index contributed by atoms with van der Waals surface area (Å²) in [6.07, 6.45) is 6.42. The van der Waals surface area contributed by atoms with E-state index in [9.17, 15) is 18.0 Å². The van der Waals surface area contributed by atoms with E-state index in [1.165, 1.54) is 23.3 Å². The summed E-state index contributed by atoms with van der Waals surface area (Å²) in [6.45, 7) is 15.2. The molecular formula is C33H53F3N4O2. The second kappa shape index (κ2) is 21.1. The number of halogens is 3. The molecule has 1 saturated heterocycles. The average Bonchev–Trinajstić information content (AvgIpc) is 3.37. The topological polar surface area (TPSA) is 48.4 Å². The van der Waals surface area contributed by atoms with Crippen LogP contribution < -0.4 is 4.90 Å². The Labute approximate surface area is 252 Å². The number of rotatable bonds is 12. The molecule has 2 aliphatic rings. The molecular weight excluding hydrogens is 541 g/mol. The number of hydrogen-bond acceptors (Lipinski definition) is 6. The molecule has 0 amide bonds. The first-order chi connectivity index (χ1) is 20.1. The van der Waals surface area contributed by atoms with Gasteiger partial charge in [0.15, 0.2) is 5.90 Å². The van der Waals surface area contributed by atoms with Crippen molar-refractivity contribution < 1.29 is 22.7 Å². The molecule has 0 spiro atoms. The van der Waals surface area contributed by atoms with Gasteiger partial charge >= 0.3 is 6.18 Å². The van der Waals surface area contributed by atoms with Gasteiger partial charge in [-0.25, -0.2) is 0 Å². The molecule has 0 saturated carbocycles. The van der Waals surface area contributed by atoms with Gasteiger partial charge in [-0.3, -0.25) is 4.99 Å². The Morgan fingerprint density at radius 1 is 1.07 bits per heavy atom. The highest BCUT2D eigenvalue weighted by molar-refractivity contribution is 5.78. The monoisotopic (exact) mass is 594 g/mol. The summed E-state index contributed by atoms with van der Waals surface area (Å²) in [6, 6.07) is 5.60. The van der Waals surface area contributed by atoms with Crippen LogP contribution >= 0.6 is 0 Å². The van der Waals surface area contributed by atoms with Gasteiger partial charge in [0.1, 0.15) is 12.9 Å². The van der Waals surface area contributed by atoms with Crippen molar-refractivity contribution in [1.29, 1.82) is 0 Å². The minimum absolute atomic E-state index is 0.587. The second-order valence-electron chi connectivity index (χ2n) is 10.7. The van der Waals surface area contributed by atoms with Gasteiger partial charge < -0.3 is 24.2 Å².